The Labute approximate surface area is 181 Å². The lowest BCUT2D eigenvalue weighted by molar-refractivity contribution is 0.0505. The molecule has 1 heterocycles. The monoisotopic (exact) mass is 458 g/mol. The van der Waals surface area contributed by atoms with Gasteiger partial charge in [-0.25, -0.2) is 9.78 Å². The van der Waals surface area contributed by atoms with Gasteiger partial charge in [-0.3, -0.25) is 4.57 Å². The molecule has 146 valence electrons. The van der Waals surface area contributed by atoms with Crippen molar-refractivity contribution in [2.75, 3.05) is 6.61 Å². The van der Waals surface area contributed by atoms with Gasteiger partial charge in [0.2, 0.25) is 3.79 Å². The molecule has 5 nitrogen and oxygen atoms in total. The van der Waals surface area contributed by atoms with Gasteiger partial charge in [-0.2, -0.15) is 0 Å². The molecule has 0 aliphatic heterocycles. The lowest BCUT2D eigenvalue weighted by Gasteiger charge is -2.12. The number of imidazole rings is 1. The molecule has 0 aliphatic rings. The number of hydrogen-bond donors (Lipinski definition) is 1. The number of ether oxygens (including phenoxy) is 1. The summed E-state index contributed by atoms with van der Waals surface area (Å²) in [6, 6.07) is 13.6. The minimum atomic E-state index is -1.73. The number of hydrogen-bond acceptors (Lipinski definition) is 4. The van der Waals surface area contributed by atoms with Gasteiger partial charge >= 0.3 is 5.97 Å². The third-order valence-electron chi connectivity index (χ3n) is 3.89. The molecule has 0 unspecified atom stereocenters. The van der Waals surface area contributed by atoms with Crippen LogP contribution >= 0.6 is 46.4 Å². The van der Waals surface area contributed by atoms with Gasteiger partial charge in [0.1, 0.15) is 18.2 Å². The molecule has 3 aromatic rings. The van der Waals surface area contributed by atoms with Crippen LogP contribution in [0.2, 0.25) is 5.02 Å². The summed E-state index contributed by atoms with van der Waals surface area (Å²) >= 11 is 23.3. The van der Waals surface area contributed by atoms with Gasteiger partial charge in [-0.1, -0.05) is 58.5 Å². The van der Waals surface area contributed by atoms with Crippen molar-refractivity contribution in [3.8, 4) is 22.8 Å². The molecule has 28 heavy (non-hydrogen) atoms. The molecular weight excluding hydrogens is 446 g/mol. The standard InChI is InChI=1S/C19H14Cl4N2O3/c1-11-16(18(27)28-10-19(21,22)23)24-17(14-4-2-3-5-15(14)20)25(11)12-6-8-13(26)9-7-12/h2-9,26H,10H2,1H3. The van der Waals surface area contributed by atoms with Gasteiger partial charge in [0.25, 0.3) is 0 Å². The van der Waals surface area contributed by atoms with Gasteiger partial charge in [-0.15, -0.1) is 0 Å². The number of phenols is 1. The van der Waals surface area contributed by atoms with Crippen LogP contribution in [0.4, 0.5) is 0 Å². The number of aromatic hydroxyl groups is 1. The van der Waals surface area contributed by atoms with Crippen molar-refractivity contribution in [1.29, 1.82) is 0 Å². The van der Waals surface area contributed by atoms with E-state index in [1.54, 1.807) is 41.8 Å². The Bertz CT molecular complexity index is 1010. The molecule has 0 fully saturated rings. The van der Waals surface area contributed by atoms with E-state index in [1.807, 2.05) is 6.07 Å². The zero-order chi connectivity index (χ0) is 20.5. The van der Waals surface area contributed by atoms with Crippen molar-refractivity contribution in [3.05, 3.63) is 64.9 Å². The second kappa shape index (κ2) is 8.21. The smallest absolute Gasteiger partial charge is 0.359 e. The maximum absolute atomic E-state index is 12.5. The van der Waals surface area contributed by atoms with Crippen molar-refractivity contribution in [2.24, 2.45) is 0 Å². The molecular formula is C19H14Cl4N2O3. The summed E-state index contributed by atoms with van der Waals surface area (Å²) in [7, 11) is 0. The summed E-state index contributed by atoms with van der Waals surface area (Å²) in [5.74, 6) is -0.174. The molecule has 0 bridgehead atoms. The molecule has 0 amide bonds. The Balaban J connectivity index is 2.14. The van der Waals surface area contributed by atoms with Crippen LogP contribution in [0.25, 0.3) is 17.1 Å². The summed E-state index contributed by atoms with van der Waals surface area (Å²) in [6.45, 7) is 1.30. The van der Waals surface area contributed by atoms with Crippen molar-refractivity contribution < 1.29 is 14.6 Å². The number of carbonyl (C=O) groups is 1. The molecule has 0 radical (unpaired) electrons. The van der Waals surface area contributed by atoms with Crippen molar-refractivity contribution in [1.82, 2.24) is 9.55 Å². The zero-order valence-electron chi connectivity index (χ0n) is 14.5. The van der Waals surface area contributed by atoms with Gasteiger partial charge in [0.05, 0.1) is 10.7 Å². The Morgan fingerprint density at radius 2 is 1.79 bits per heavy atom. The number of phenolic OH excluding ortho intramolecular Hbond substituents is 1. The van der Waals surface area contributed by atoms with E-state index in [0.29, 0.717) is 27.8 Å². The first-order valence-electron chi connectivity index (χ1n) is 8.05. The summed E-state index contributed by atoms with van der Waals surface area (Å²) < 4.78 is 5.09. The highest BCUT2D eigenvalue weighted by Gasteiger charge is 2.27. The van der Waals surface area contributed by atoms with Crippen LogP contribution in [0, 0.1) is 6.92 Å². The third-order valence-corrected chi connectivity index (χ3v) is 4.55. The van der Waals surface area contributed by atoms with Crippen LogP contribution in [-0.2, 0) is 4.74 Å². The summed E-state index contributed by atoms with van der Waals surface area (Å²) in [4.78, 5) is 17.0. The number of benzene rings is 2. The molecule has 0 atom stereocenters. The number of esters is 1. The van der Waals surface area contributed by atoms with Crippen LogP contribution in [0.3, 0.4) is 0 Å². The maximum Gasteiger partial charge on any atom is 0.359 e. The molecule has 1 aromatic heterocycles. The van der Waals surface area contributed by atoms with Gasteiger partial charge < -0.3 is 9.84 Å². The van der Waals surface area contributed by atoms with E-state index in [4.69, 9.17) is 51.1 Å². The van der Waals surface area contributed by atoms with Gasteiger partial charge in [0, 0.05) is 11.3 Å². The Morgan fingerprint density at radius 1 is 1.14 bits per heavy atom. The van der Waals surface area contributed by atoms with Crippen LogP contribution in [-0.4, -0.2) is 31.0 Å². The molecule has 0 spiro atoms. The molecule has 2 aromatic carbocycles. The van der Waals surface area contributed by atoms with E-state index < -0.39 is 16.4 Å². The minimum Gasteiger partial charge on any atom is -0.508 e. The first-order valence-corrected chi connectivity index (χ1v) is 9.56. The molecule has 0 saturated carbocycles. The maximum atomic E-state index is 12.5. The van der Waals surface area contributed by atoms with Gasteiger partial charge in [-0.05, 0) is 43.3 Å². The van der Waals surface area contributed by atoms with Crippen molar-refractivity contribution in [2.45, 2.75) is 10.7 Å². The number of alkyl halides is 3. The fourth-order valence-corrected chi connectivity index (χ4v) is 3.04. The van der Waals surface area contributed by atoms with Crippen LogP contribution in [0.15, 0.2) is 48.5 Å². The first kappa shape index (κ1) is 20.8. The Morgan fingerprint density at radius 3 is 2.39 bits per heavy atom. The van der Waals surface area contributed by atoms with E-state index >= 15 is 0 Å². The third kappa shape index (κ3) is 4.55. The van der Waals surface area contributed by atoms with Gasteiger partial charge in [0.15, 0.2) is 5.69 Å². The van der Waals surface area contributed by atoms with Crippen molar-refractivity contribution in [3.63, 3.8) is 0 Å². The molecule has 0 saturated heterocycles. The van der Waals surface area contributed by atoms with E-state index in [9.17, 15) is 9.90 Å². The van der Waals surface area contributed by atoms with Crippen molar-refractivity contribution >= 4 is 52.4 Å². The summed E-state index contributed by atoms with van der Waals surface area (Å²) in [5, 5.41) is 10.1. The highest BCUT2D eigenvalue weighted by molar-refractivity contribution is 6.67. The highest BCUT2D eigenvalue weighted by atomic mass is 35.6. The number of halogens is 4. The summed E-state index contributed by atoms with van der Waals surface area (Å²) in [6.07, 6.45) is 0. The van der Waals surface area contributed by atoms with Crippen LogP contribution < -0.4 is 0 Å². The largest absolute Gasteiger partial charge is 0.508 e. The summed E-state index contributed by atoms with van der Waals surface area (Å²) in [5.41, 5.74) is 1.88. The average molecular weight is 460 g/mol. The normalized spacial score (nSPS) is 11.5. The topological polar surface area (TPSA) is 64.3 Å². The number of nitrogens with zero attached hydrogens (tertiary/aromatic N) is 2. The number of aromatic nitrogens is 2. The van der Waals surface area contributed by atoms with E-state index in [1.165, 1.54) is 12.1 Å². The molecule has 3 rings (SSSR count). The fraction of sp³-hybridized carbons (Fsp3) is 0.158. The average Bonchev–Trinajstić information content (AvgIpc) is 2.97. The van der Waals surface area contributed by atoms with Crippen LogP contribution in [0.5, 0.6) is 5.75 Å². The van der Waals surface area contributed by atoms with E-state index in [-0.39, 0.29) is 11.4 Å². The lowest BCUT2D eigenvalue weighted by Crippen LogP contribution is -2.18. The second-order valence-electron chi connectivity index (χ2n) is 5.89. The van der Waals surface area contributed by atoms with E-state index in [0.717, 1.165) is 0 Å². The second-order valence-corrected chi connectivity index (χ2v) is 8.82. The fourth-order valence-electron chi connectivity index (χ4n) is 2.65. The Kier molecular flexibility index (Phi) is 6.10. The molecule has 1 N–H and O–H groups in total. The van der Waals surface area contributed by atoms with Crippen LogP contribution in [0.1, 0.15) is 16.2 Å². The highest BCUT2D eigenvalue weighted by Crippen LogP contribution is 2.32. The minimum absolute atomic E-state index is 0.0669. The Hall–Kier alpha value is -1.92. The SMILES string of the molecule is Cc1c(C(=O)OCC(Cl)(Cl)Cl)nc(-c2ccccc2Cl)n1-c1ccc(O)cc1. The quantitative estimate of drug-likeness (QED) is 0.399. The predicted octanol–water partition coefficient (Wildman–Crippen LogP) is 5.73. The lowest BCUT2D eigenvalue weighted by atomic mass is 10.2. The molecule has 9 heteroatoms. The first-order chi connectivity index (χ1) is 13.2. The molecule has 0 aliphatic carbocycles. The van der Waals surface area contributed by atoms with E-state index in [2.05, 4.69) is 4.98 Å². The zero-order valence-corrected chi connectivity index (χ0v) is 17.5. The number of rotatable bonds is 4. The number of carbonyl (C=O) groups excluding carboxylic acids is 1. The predicted molar refractivity (Wildman–Crippen MR) is 111 cm³/mol.